The van der Waals surface area contributed by atoms with E-state index in [1.54, 1.807) is 48.7 Å². The van der Waals surface area contributed by atoms with Gasteiger partial charge in [0.2, 0.25) is 5.91 Å². The van der Waals surface area contributed by atoms with Crippen LogP contribution in [-0.2, 0) is 9.59 Å². The van der Waals surface area contributed by atoms with Gasteiger partial charge in [-0.1, -0.05) is 18.2 Å². The molecule has 0 fully saturated rings. The van der Waals surface area contributed by atoms with Crippen molar-refractivity contribution in [2.24, 2.45) is 0 Å². The zero-order valence-corrected chi connectivity index (χ0v) is 17.0. The van der Waals surface area contributed by atoms with Gasteiger partial charge in [0.05, 0.1) is 18.3 Å². The molecule has 3 rings (SSSR count). The fourth-order valence-electron chi connectivity index (χ4n) is 2.65. The molecule has 27 heavy (non-hydrogen) atoms. The van der Waals surface area contributed by atoms with Gasteiger partial charge < -0.3 is 20.0 Å². The molecule has 1 unspecified atom stereocenters. The summed E-state index contributed by atoms with van der Waals surface area (Å²) >= 11 is 0. The number of nitrogens with one attached hydrogen (secondary N) is 1. The quantitative estimate of drug-likeness (QED) is 0.528. The van der Waals surface area contributed by atoms with E-state index in [9.17, 15) is 14.7 Å². The number of amides is 1. The van der Waals surface area contributed by atoms with E-state index in [-0.39, 0.29) is 36.0 Å². The van der Waals surface area contributed by atoms with E-state index in [4.69, 9.17) is 4.74 Å². The maximum atomic E-state index is 12.4. The third kappa shape index (κ3) is 5.03. The van der Waals surface area contributed by atoms with Gasteiger partial charge in [-0.3, -0.25) is 14.8 Å². The van der Waals surface area contributed by atoms with Crippen molar-refractivity contribution in [2.45, 2.75) is 12.3 Å². The van der Waals surface area contributed by atoms with E-state index < -0.39 is 17.8 Å². The minimum Gasteiger partial charge on any atom is -0.549 e. The molecule has 0 spiro atoms. The number of ether oxygens (including phenoxy) is 1. The number of aromatic nitrogens is 2. The Morgan fingerprint density at radius 3 is 2.48 bits per heavy atom. The summed E-state index contributed by atoms with van der Waals surface area (Å²) in [5.41, 5.74) is 2.13. The third-order valence-corrected chi connectivity index (χ3v) is 3.96. The Morgan fingerprint density at radius 1 is 1.11 bits per heavy atom. The number of carboxylic acid groups (broad SMARTS) is 1. The van der Waals surface area contributed by atoms with Gasteiger partial charge in [0.25, 0.3) is 0 Å². The summed E-state index contributed by atoms with van der Waals surface area (Å²) in [4.78, 5) is 32.3. The summed E-state index contributed by atoms with van der Waals surface area (Å²) < 4.78 is 5.06. The van der Waals surface area contributed by atoms with Crippen molar-refractivity contribution in [3.05, 3.63) is 60.4 Å². The first-order valence-electron chi connectivity index (χ1n) is 7.93. The van der Waals surface area contributed by atoms with Crippen LogP contribution in [0.4, 0.5) is 5.69 Å². The summed E-state index contributed by atoms with van der Waals surface area (Å²) in [6, 6.07) is 11.7. The second-order valence-corrected chi connectivity index (χ2v) is 5.63. The molecular formula is C19H16N3NaO4. The van der Waals surface area contributed by atoms with E-state index in [2.05, 4.69) is 15.3 Å². The minimum atomic E-state index is -1.32. The molecule has 0 radical (unpaired) electrons. The number of nitrogens with zero attached hydrogens (tertiary/aromatic N) is 2. The molecule has 7 nitrogen and oxygen atoms in total. The minimum absolute atomic E-state index is 0. The van der Waals surface area contributed by atoms with Crippen molar-refractivity contribution in [1.82, 2.24) is 9.97 Å². The first-order chi connectivity index (χ1) is 12.6. The van der Waals surface area contributed by atoms with Gasteiger partial charge >= 0.3 is 29.6 Å². The molecule has 3 aromatic rings. The number of methoxy groups -OCH3 is 1. The normalized spacial score (nSPS) is 11.3. The first kappa shape index (κ1) is 20.8. The molecule has 132 valence electrons. The molecule has 0 aliphatic rings. The average molecular weight is 373 g/mol. The van der Waals surface area contributed by atoms with Crippen molar-refractivity contribution >= 4 is 28.6 Å². The molecule has 0 saturated heterocycles. The van der Waals surface area contributed by atoms with Crippen LogP contribution in [0.15, 0.2) is 54.9 Å². The predicted octanol–water partition coefficient (Wildman–Crippen LogP) is -1.50. The van der Waals surface area contributed by atoms with Crippen LogP contribution in [0.1, 0.15) is 17.9 Å². The second kappa shape index (κ2) is 9.45. The molecule has 1 amide bonds. The Morgan fingerprint density at radius 2 is 1.81 bits per heavy atom. The number of aliphatic carboxylic acids is 1. The number of hydrogen-bond acceptors (Lipinski definition) is 6. The van der Waals surface area contributed by atoms with Crippen LogP contribution < -0.4 is 44.7 Å². The van der Waals surface area contributed by atoms with Gasteiger partial charge in [0.15, 0.2) is 0 Å². The molecule has 0 saturated carbocycles. The zero-order valence-electron chi connectivity index (χ0n) is 15.0. The number of carbonyl (C=O) groups is 2. The van der Waals surface area contributed by atoms with Crippen LogP contribution in [0.25, 0.3) is 11.0 Å². The number of anilines is 1. The molecule has 2 aromatic carbocycles. The summed E-state index contributed by atoms with van der Waals surface area (Å²) in [6.45, 7) is 0. The summed E-state index contributed by atoms with van der Waals surface area (Å²) in [7, 11) is 1.52. The topological polar surface area (TPSA) is 104 Å². The fraction of sp³-hybridized carbons (Fsp3) is 0.158. The van der Waals surface area contributed by atoms with Gasteiger partial charge in [0.1, 0.15) is 11.3 Å². The molecule has 1 atom stereocenters. The van der Waals surface area contributed by atoms with E-state index in [0.29, 0.717) is 28.0 Å². The van der Waals surface area contributed by atoms with Gasteiger partial charge in [0, 0.05) is 30.7 Å². The molecule has 0 bridgehead atoms. The number of rotatable bonds is 6. The molecule has 1 N–H and O–H groups in total. The van der Waals surface area contributed by atoms with Crippen LogP contribution in [-0.4, -0.2) is 29.0 Å². The molecule has 1 aromatic heterocycles. The molecule has 0 aliphatic carbocycles. The van der Waals surface area contributed by atoms with Crippen LogP contribution in [0.3, 0.4) is 0 Å². The van der Waals surface area contributed by atoms with Crippen molar-refractivity contribution < 1.29 is 49.0 Å². The van der Waals surface area contributed by atoms with Gasteiger partial charge in [-0.2, -0.15) is 0 Å². The number of fused-ring (bicyclic) bond motifs is 1. The summed E-state index contributed by atoms with van der Waals surface area (Å²) in [6.07, 6.45) is 2.83. The van der Waals surface area contributed by atoms with Crippen molar-refractivity contribution in [2.75, 3.05) is 12.4 Å². The number of para-hydroxylation sites is 1. The maximum absolute atomic E-state index is 12.4. The number of carboxylic acids is 1. The molecule has 0 aliphatic heterocycles. The number of benzene rings is 2. The molecule has 8 heteroatoms. The zero-order chi connectivity index (χ0) is 18.5. The monoisotopic (exact) mass is 373 g/mol. The van der Waals surface area contributed by atoms with Crippen molar-refractivity contribution in [3.63, 3.8) is 0 Å². The van der Waals surface area contributed by atoms with Gasteiger partial charge in [-0.25, -0.2) is 0 Å². The summed E-state index contributed by atoms with van der Waals surface area (Å²) in [5.74, 6) is -2.23. The molecule has 1 heterocycles. The Kier molecular flexibility index (Phi) is 7.29. The average Bonchev–Trinajstić information content (AvgIpc) is 2.66. The summed E-state index contributed by atoms with van der Waals surface area (Å²) in [5, 5.41) is 14.2. The van der Waals surface area contributed by atoms with Crippen LogP contribution in [0, 0.1) is 0 Å². The predicted molar refractivity (Wildman–Crippen MR) is 93.5 cm³/mol. The fourth-order valence-corrected chi connectivity index (χ4v) is 2.65. The number of carbonyl (C=O) groups excluding carboxylic acids is 2. The SMILES string of the molecule is COc1ccc(C(CC(=O)Nc2cccc3nccnc23)C(=O)[O-])cc1.[Na+]. The Labute approximate surface area is 178 Å². The second-order valence-electron chi connectivity index (χ2n) is 5.63. The Balaban J connectivity index is 0.00000261. The van der Waals surface area contributed by atoms with Crippen molar-refractivity contribution in [3.8, 4) is 5.75 Å². The van der Waals surface area contributed by atoms with Crippen molar-refractivity contribution in [1.29, 1.82) is 0 Å². The maximum Gasteiger partial charge on any atom is 1.00 e. The van der Waals surface area contributed by atoms with E-state index >= 15 is 0 Å². The van der Waals surface area contributed by atoms with E-state index in [1.807, 2.05) is 0 Å². The number of hydrogen-bond donors (Lipinski definition) is 1. The third-order valence-electron chi connectivity index (χ3n) is 3.96. The van der Waals surface area contributed by atoms with E-state index in [0.717, 1.165) is 0 Å². The van der Waals surface area contributed by atoms with Crippen LogP contribution in [0.5, 0.6) is 5.75 Å². The smallest absolute Gasteiger partial charge is 0.549 e. The standard InChI is InChI=1S/C19H17N3O4.Na/c1-26-13-7-5-12(6-8-13)14(19(24)25)11-17(23)22-16-4-2-3-15-18(16)21-10-9-20-15;/h2-10,14H,11H2,1H3,(H,22,23)(H,24,25);/q;+1/p-1. The molecular weight excluding hydrogens is 357 g/mol. The van der Waals surface area contributed by atoms with E-state index in [1.165, 1.54) is 13.3 Å². The van der Waals surface area contributed by atoms with Crippen LogP contribution in [0.2, 0.25) is 0 Å². The Hall–Kier alpha value is -2.48. The van der Waals surface area contributed by atoms with Gasteiger partial charge in [-0.05, 0) is 29.8 Å². The van der Waals surface area contributed by atoms with Gasteiger partial charge in [-0.15, -0.1) is 0 Å². The van der Waals surface area contributed by atoms with Crippen LogP contribution >= 0.6 is 0 Å². The largest absolute Gasteiger partial charge is 1.00 e. The first-order valence-corrected chi connectivity index (χ1v) is 7.93. The Bertz CT molecular complexity index is 942.